The topological polar surface area (TPSA) is 30.9 Å². The number of rotatable bonds is 31. The maximum absolute atomic E-state index is 6.59. The highest BCUT2D eigenvalue weighted by Gasteiger charge is 2.59. The summed E-state index contributed by atoms with van der Waals surface area (Å²) in [6.45, 7) is 19.2. The van der Waals surface area contributed by atoms with E-state index in [2.05, 4.69) is 90.9 Å². The molecule has 0 N–H and O–H groups in total. The highest BCUT2D eigenvalue weighted by molar-refractivity contribution is 5.25. The van der Waals surface area contributed by atoms with Crippen molar-refractivity contribution >= 4 is 0 Å². The zero-order valence-electron chi connectivity index (χ0n) is 39.9. The summed E-state index contributed by atoms with van der Waals surface area (Å²) >= 11 is 0. The molecule has 1 unspecified atom stereocenters. The zero-order valence-corrected chi connectivity index (χ0v) is 39.9. The molecule has 4 aliphatic rings. The lowest BCUT2D eigenvalue weighted by Gasteiger charge is -2.58. The number of likely N-dealkylation sites (N-methyl/N-ethyl adjacent to an activating group) is 1. The molecule has 4 nitrogen and oxygen atoms in total. The van der Waals surface area contributed by atoms with Gasteiger partial charge in [0.1, 0.15) is 0 Å². The van der Waals surface area contributed by atoms with Crippen molar-refractivity contribution in [3.8, 4) is 0 Å². The van der Waals surface area contributed by atoms with Crippen LogP contribution in [0.2, 0.25) is 0 Å². The van der Waals surface area contributed by atoms with E-state index >= 15 is 0 Å². The van der Waals surface area contributed by atoms with Crippen LogP contribution in [0.1, 0.15) is 202 Å². The first-order valence-electron chi connectivity index (χ1n) is 25.5. The van der Waals surface area contributed by atoms with Crippen LogP contribution in [0.4, 0.5) is 0 Å². The minimum Gasteiger partial charge on any atom is -0.379 e. The Kier molecular flexibility index (Phi) is 23.3. The second-order valence-corrected chi connectivity index (χ2v) is 21.1. The van der Waals surface area contributed by atoms with Gasteiger partial charge in [-0.05, 0) is 163 Å². The summed E-state index contributed by atoms with van der Waals surface area (Å²) in [5.74, 6) is 5.43. The second kappa shape index (κ2) is 27.2. The van der Waals surface area contributed by atoms with E-state index in [1.54, 1.807) is 5.57 Å². The summed E-state index contributed by atoms with van der Waals surface area (Å²) in [5.41, 5.74) is 2.74. The molecule has 0 radical (unpaired) electrons. The smallest absolute Gasteiger partial charge is 0.0934 e. The number of fused-ring (bicyclic) bond motifs is 5. The molecule has 4 heteroatoms. The molecule has 336 valence electrons. The van der Waals surface area contributed by atoms with Gasteiger partial charge in [-0.15, -0.1) is 0 Å². The fraction of sp³-hybridized carbons (Fsp3) is 0.889. The number of allylic oxidation sites excluding steroid dienone is 5. The lowest BCUT2D eigenvalue weighted by atomic mass is 9.47. The number of ether oxygens (including phenoxy) is 3. The van der Waals surface area contributed by atoms with Gasteiger partial charge in [-0.2, -0.15) is 0 Å². The molecule has 58 heavy (non-hydrogen) atoms. The summed E-state index contributed by atoms with van der Waals surface area (Å²) in [6.07, 6.45) is 45.4. The monoisotopic (exact) mass is 808 g/mol. The van der Waals surface area contributed by atoms with E-state index in [0.717, 1.165) is 87.6 Å². The predicted octanol–water partition coefficient (Wildman–Crippen LogP) is 15.0. The Morgan fingerprint density at radius 2 is 1.45 bits per heavy atom. The number of hydrogen-bond donors (Lipinski definition) is 0. The average molecular weight is 808 g/mol. The third kappa shape index (κ3) is 16.1. The number of nitrogens with zero attached hydrogens (tertiary/aromatic N) is 1. The quantitative estimate of drug-likeness (QED) is 0.0516. The summed E-state index contributed by atoms with van der Waals surface area (Å²) in [6, 6.07) is 0. The SMILES string of the molecule is CCCCC/C=C/C/C=C/CCCCCCCCOCC(CN(C)C)OCCCCO[C@H]1CC[C@@]2(C)C(=CC[C@H]3[C@@H]4CC[C@H]([C@H](C)CCCC(C)C)[C@@]4(C)CC[C@@H]32)C1. The Bertz CT molecular complexity index is 1170. The summed E-state index contributed by atoms with van der Waals surface area (Å²) < 4.78 is 19.1. The zero-order chi connectivity index (χ0) is 41.6. The third-order valence-corrected chi connectivity index (χ3v) is 15.9. The van der Waals surface area contributed by atoms with Crippen LogP contribution in [0, 0.1) is 46.3 Å². The van der Waals surface area contributed by atoms with E-state index in [4.69, 9.17) is 14.2 Å². The van der Waals surface area contributed by atoms with Crippen molar-refractivity contribution in [1.82, 2.24) is 4.90 Å². The maximum atomic E-state index is 6.59. The molecule has 0 heterocycles. The standard InChI is InChI=1S/C54H97NO3/c1-9-10-11-12-13-14-15-16-17-18-19-20-21-22-23-24-38-56-43-48(42-55(7)8)58-40-26-25-39-57-47-34-36-53(5)46(41-47)30-31-49-51-33-32-50(45(4)29-27-28-44(2)3)54(51,6)37-35-52(49)53/h13-14,16-17,30,44-45,47-52H,9-12,15,18-29,31-43H2,1-8H3/b14-13+,17-16+/t45-,47+,48?,49+,50-,51+,52+,53+,54-/m1/s1. The van der Waals surface area contributed by atoms with E-state index in [1.165, 1.54) is 135 Å². The molecule has 0 aliphatic heterocycles. The molecule has 4 aliphatic carbocycles. The van der Waals surface area contributed by atoms with E-state index < -0.39 is 0 Å². The Morgan fingerprint density at radius 1 is 0.741 bits per heavy atom. The van der Waals surface area contributed by atoms with E-state index in [1.807, 2.05) is 0 Å². The van der Waals surface area contributed by atoms with Gasteiger partial charge in [-0.25, -0.2) is 0 Å². The van der Waals surface area contributed by atoms with Crippen LogP contribution in [-0.4, -0.2) is 64.2 Å². The first-order valence-corrected chi connectivity index (χ1v) is 25.5. The largest absolute Gasteiger partial charge is 0.379 e. The molecule has 0 aromatic rings. The summed E-state index contributed by atoms with van der Waals surface area (Å²) in [7, 11) is 4.27. The van der Waals surface area contributed by atoms with Crippen LogP contribution in [0.25, 0.3) is 0 Å². The Hall–Kier alpha value is -0.940. The Morgan fingerprint density at radius 3 is 2.19 bits per heavy atom. The summed E-state index contributed by atoms with van der Waals surface area (Å²) in [4.78, 5) is 2.23. The molecule has 0 bridgehead atoms. The Labute approximate surface area is 361 Å². The molecule has 0 saturated heterocycles. The lowest BCUT2D eigenvalue weighted by Crippen LogP contribution is -2.51. The first-order chi connectivity index (χ1) is 28.1. The van der Waals surface area contributed by atoms with E-state index in [0.29, 0.717) is 23.5 Å². The van der Waals surface area contributed by atoms with Crippen molar-refractivity contribution in [3.05, 3.63) is 36.0 Å². The fourth-order valence-corrected chi connectivity index (χ4v) is 12.5. The van der Waals surface area contributed by atoms with Gasteiger partial charge in [-0.1, -0.05) is 135 Å². The van der Waals surface area contributed by atoms with Gasteiger partial charge in [0.15, 0.2) is 0 Å². The minimum atomic E-state index is 0.143. The van der Waals surface area contributed by atoms with Crippen molar-refractivity contribution in [2.24, 2.45) is 46.3 Å². The number of hydrogen-bond acceptors (Lipinski definition) is 4. The van der Waals surface area contributed by atoms with Crippen molar-refractivity contribution in [2.45, 2.75) is 214 Å². The van der Waals surface area contributed by atoms with Crippen molar-refractivity contribution < 1.29 is 14.2 Å². The van der Waals surface area contributed by atoms with Gasteiger partial charge in [0.05, 0.1) is 18.8 Å². The molecule has 0 aromatic carbocycles. The van der Waals surface area contributed by atoms with Crippen LogP contribution in [-0.2, 0) is 14.2 Å². The van der Waals surface area contributed by atoms with Crippen molar-refractivity contribution in [2.75, 3.05) is 47.1 Å². The van der Waals surface area contributed by atoms with Crippen molar-refractivity contribution in [3.63, 3.8) is 0 Å². The van der Waals surface area contributed by atoms with Crippen molar-refractivity contribution in [1.29, 1.82) is 0 Å². The van der Waals surface area contributed by atoms with Gasteiger partial charge >= 0.3 is 0 Å². The molecule has 3 fully saturated rings. The lowest BCUT2D eigenvalue weighted by molar-refractivity contribution is -0.0648. The molecule has 4 rings (SSSR count). The summed E-state index contributed by atoms with van der Waals surface area (Å²) in [5, 5.41) is 0. The third-order valence-electron chi connectivity index (χ3n) is 15.9. The van der Waals surface area contributed by atoms with Crippen LogP contribution < -0.4 is 0 Å². The predicted molar refractivity (Wildman–Crippen MR) is 250 cm³/mol. The molecule has 3 saturated carbocycles. The molecule has 9 atom stereocenters. The maximum Gasteiger partial charge on any atom is 0.0934 e. The normalized spacial score (nSPS) is 29.6. The minimum absolute atomic E-state index is 0.143. The first kappa shape index (κ1) is 49.7. The molecular formula is C54H97NO3. The van der Waals surface area contributed by atoms with E-state index in [9.17, 15) is 0 Å². The van der Waals surface area contributed by atoms with E-state index in [-0.39, 0.29) is 6.10 Å². The number of unbranched alkanes of at least 4 members (excludes halogenated alkanes) is 10. The molecular weight excluding hydrogens is 711 g/mol. The molecule has 0 amide bonds. The van der Waals surface area contributed by atoms with Gasteiger partial charge in [0.25, 0.3) is 0 Å². The van der Waals surface area contributed by atoms with Gasteiger partial charge < -0.3 is 19.1 Å². The average Bonchev–Trinajstić information content (AvgIpc) is 3.55. The van der Waals surface area contributed by atoms with Crippen LogP contribution in [0.15, 0.2) is 36.0 Å². The highest BCUT2D eigenvalue weighted by Crippen LogP contribution is 2.67. The van der Waals surface area contributed by atoms with Gasteiger partial charge in [0.2, 0.25) is 0 Å². The molecule has 0 spiro atoms. The van der Waals surface area contributed by atoms with Crippen LogP contribution in [0.5, 0.6) is 0 Å². The Balaban J connectivity index is 1.04. The van der Waals surface area contributed by atoms with Gasteiger partial charge in [0, 0.05) is 26.4 Å². The van der Waals surface area contributed by atoms with Gasteiger partial charge in [-0.3, -0.25) is 0 Å². The van der Waals surface area contributed by atoms with Crippen LogP contribution >= 0.6 is 0 Å². The fourth-order valence-electron chi connectivity index (χ4n) is 12.5. The van der Waals surface area contributed by atoms with Crippen LogP contribution in [0.3, 0.4) is 0 Å². The molecule has 0 aromatic heterocycles. The second-order valence-electron chi connectivity index (χ2n) is 21.1. The highest BCUT2D eigenvalue weighted by atomic mass is 16.5.